The first-order valence-electron chi connectivity index (χ1n) is 6.89. The molecule has 0 amide bonds. The molecule has 2 heterocycles. The predicted octanol–water partition coefficient (Wildman–Crippen LogP) is 1.63. The van der Waals surface area contributed by atoms with Gasteiger partial charge in [0, 0.05) is 38.4 Å². The fourth-order valence-corrected chi connectivity index (χ4v) is 2.41. The van der Waals surface area contributed by atoms with Gasteiger partial charge in [-0.2, -0.15) is 0 Å². The van der Waals surface area contributed by atoms with Crippen molar-refractivity contribution in [1.29, 1.82) is 0 Å². The molecule has 0 spiro atoms. The van der Waals surface area contributed by atoms with Crippen LogP contribution in [0.4, 0.5) is 5.82 Å². The van der Waals surface area contributed by atoms with E-state index in [-0.39, 0.29) is 6.04 Å². The Morgan fingerprint density at radius 1 is 1.33 bits per heavy atom. The summed E-state index contributed by atoms with van der Waals surface area (Å²) in [7, 11) is 0. The van der Waals surface area contributed by atoms with Crippen LogP contribution in [0.15, 0.2) is 18.3 Å². The molecule has 0 aromatic carbocycles. The molecule has 1 fully saturated rings. The maximum absolute atomic E-state index is 5.92. The van der Waals surface area contributed by atoms with Gasteiger partial charge >= 0.3 is 0 Å². The van der Waals surface area contributed by atoms with Crippen LogP contribution in [-0.4, -0.2) is 42.6 Å². The molecule has 4 nitrogen and oxygen atoms in total. The van der Waals surface area contributed by atoms with Crippen LogP contribution in [-0.2, 0) is 0 Å². The highest BCUT2D eigenvalue weighted by atomic mass is 15.3. The lowest BCUT2D eigenvalue weighted by atomic mass is 10.1. The van der Waals surface area contributed by atoms with Gasteiger partial charge < -0.3 is 10.6 Å². The van der Waals surface area contributed by atoms with Crippen molar-refractivity contribution in [1.82, 2.24) is 9.88 Å². The van der Waals surface area contributed by atoms with E-state index in [1.807, 2.05) is 19.2 Å². The Balaban J connectivity index is 1.98. The third-order valence-electron chi connectivity index (χ3n) is 3.53. The lowest BCUT2D eigenvalue weighted by Gasteiger charge is -2.35. The van der Waals surface area contributed by atoms with Crippen molar-refractivity contribution >= 4 is 5.82 Å². The second-order valence-corrected chi connectivity index (χ2v) is 5.06. The average molecular weight is 248 g/mol. The van der Waals surface area contributed by atoms with Crippen LogP contribution in [0.1, 0.15) is 31.9 Å². The Hall–Kier alpha value is -1.13. The molecule has 2 N–H and O–H groups in total. The van der Waals surface area contributed by atoms with Crippen molar-refractivity contribution in [2.75, 3.05) is 37.6 Å². The van der Waals surface area contributed by atoms with E-state index in [1.165, 1.54) is 13.0 Å². The monoisotopic (exact) mass is 248 g/mol. The van der Waals surface area contributed by atoms with Gasteiger partial charge in [-0.25, -0.2) is 4.98 Å². The smallest absolute Gasteiger partial charge is 0.128 e. The predicted molar refractivity (Wildman–Crippen MR) is 75.8 cm³/mol. The van der Waals surface area contributed by atoms with Crippen molar-refractivity contribution in [2.24, 2.45) is 5.73 Å². The number of nitrogens with zero attached hydrogens (tertiary/aromatic N) is 3. The summed E-state index contributed by atoms with van der Waals surface area (Å²) in [4.78, 5) is 9.35. The van der Waals surface area contributed by atoms with Crippen LogP contribution in [0, 0.1) is 0 Å². The summed E-state index contributed by atoms with van der Waals surface area (Å²) < 4.78 is 0. The summed E-state index contributed by atoms with van der Waals surface area (Å²) in [6, 6.07) is 4.20. The molecule has 1 aromatic heterocycles. The number of hydrogen-bond donors (Lipinski definition) is 1. The second-order valence-electron chi connectivity index (χ2n) is 5.06. The van der Waals surface area contributed by atoms with Crippen LogP contribution in [0.3, 0.4) is 0 Å². The summed E-state index contributed by atoms with van der Waals surface area (Å²) in [5.41, 5.74) is 7.08. The molecule has 0 saturated carbocycles. The number of rotatable bonds is 4. The van der Waals surface area contributed by atoms with Crippen molar-refractivity contribution in [3.8, 4) is 0 Å². The van der Waals surface area contributed by atoms with Gasteiger partial charge in [0.15, 0.2) is 0 Å². The maximum atomic E-state index is 5.92. The summed E-state index contributed by atoms with van der Waals surface area (Å²) in [5.74, 6) is 1.07. The molecular weight excluding hydrogens is 224 g/mol. The van der Waals surface area contributed by atoms with E-state index in [0.717, 1.165) is 37.6 Å². The molecule has 1 saturated heterocycles. The van der Waals surface area contributed by atoms with Crippen molar-refractivity contribution in [2.45, 2.75) is 26.3 Å². The third-order valence-corrected chi connectivity index (χ3v) is 3.53. The maximum Gasteiger partial charge on any atom is 0.128 e. The third kappa shape index (κ3) is 3.21. The number of anilines is 1. The van der Waals surface area contributed by atoms with Crippen molar-refractivity contribution in [3.05, 3.63) is 23.9 Å². The highest BCUT2D eigenvalue weighted by Gasteiger charge is 2.17. The molecule has 4 heteroatoms. The number of nitrogens with two attached hydrogens (primary N) is 1. The Morgan fingerprint density at radius 3 is 2.67 bits per heavy atom. The molecule has 0 radical (unpaired) electrons. The fourth-order valence-electron chi connectivity index (χ4n) is 2.41. The zero-order valence-electron chi connectivity index (χ0n) is 11.5. The minimum absolute atomic E-state index is 0.0770. The molecule has 0 aliphatic carbocycles. The van der Waals surface area contributed by atoms with E-state index in [0.29, 0.717) is 0 Å². The number of piperazine rings is 1. The molecule has 1 aromatic rings. The lowest BCUT2D eigenvalue weighted by molar-refractivity contribution is 0.258. The van der Waals surface area contributed by atoms with Crippen LogP contribution >= 0.6 is 0 Å². The zero-order chi connectivity index (χ0) is 13.0. The van der Waals surface area contributed by atoms with E-state index >= 15 is 0 Å². The SMILES string of the molecule is CCCN1CCN(c2cc([C@H](C)N)ccn2)CC1. The van der Waals surface area contributed by atoms with Crippen LogP contribution < -0.4 is 10.6 Å². The molecule has 18 heavy (non-hydrogen) atoms. The Kier molecular flexibility index (Phi) is 4.55. The fraction of sp³-hybridized carbons (Fsp3) is 0.643. The lowest BCUT2D eigenvalue weighted by Crippen LogP contribution is -2.46. The molecule has 0 unspecified atom stereocenters. The first-order valence-corrected chi connectivity index (χ1v) is 6.89. The van der Waals surface area contributed by atoms with Gasteiger partial charge in [0.25, 0.3) is 0 Å². The summed E-state index contributed by atoms with van der Waals surface area (Å²) in [6.45, 7) is 9.86. The van der Waals surface area contributed by atoms with Crippen LogP contribution in [0.2, 0.25) is 0 Å². The Labute approximate surface area is 110 Å². The van der Waals surface area contributed by atoms with E-state index in [1.54, 1.807) is 0 Å². The van der Waals surface area contributed by atoms with E-state index < -0.39 is 0 Å². The first kappa shape index (κ1) is 13.3. The minimum atomic E-state index is 0.0770. The Bertz CT molecular complexity index is 370. The van der Waals surface area contributed by atoms with Gasteiger partial charge in [-0.1, -0.05) is 6.92 Å². The molecule has 100 valence electrons. The highest BCUT2D eigenvalue weighted by Crippen LogP contribution is 2.18. The van der Waals surface area contributed by atoms with E-state index in [4.69, 9.17) is 5.73 Å². The molecule has 1 aliphatic rings. The van der Waals surface area contributed by atoms with Gasteiger partial charge in [-0.3, -0.25) is 4.90 Å². The normalized spacial score (nSPS) is 18.9. The highest BCUT2D eigenvalue weighted by molar-refractivity contribution is 5.42. The molecule has 1 aliphatic heterocycles. The number of aromatic nitrogens is 1. The molecular formula is C14H24N4. The van der Waals surface area contributed by atoms with Gasteiger partial charge in [-0.05, 0) is 37.6 Å². The van der Waals surface area contributed by atoms with Crippen LogP contribution in [0.5, 0.6) is 0 Å². The van der Waals surface area contributed by atoms with E-state index in [2.05, 4.69) is 27.8 Å². The topological polar surface area (TPSA) is 45.4 Å². The molecule has 2 rings (SSSR count). The summed E-state index contributed by atoms with van der Waals surface area (Å²) in [6.07, 6.45) is 3.10. The van der Waals surface area contributed by atoms with Crippen molar-refractivity contribution < 1.29 is 0 Å². The molecule has 0 bridgehead atoms. The average Bonchev–Trinajstić information content (AvgIpc) is 2.40. The van der Waals surface area contributed by atoms with Crippen molar-refractivity contribution in [3.63, 3.8) is 0 Å². The quantitative estimate of drug-likeness (QED) is 0.880. The number of hydrogen-bond acceptors (Lipinski definition) is 4. The zero-order valence-corrected chi connectivity index (χ0v) is 11.5. The molecule has 1 atom stereocenters. The van der Waals surface area contributed by atoms with Gasteiger partial charge in [0.05, 0.1) is 0 Å². The number of pyridine rings is 1. The second kappa shape index (κ2) is 6.16. The largest absolute Gasteiger partial charge is 0.354 e. The summed E-state index contributed by atoms with van der Waals surface area (Å²) >= 11 is 0. The van der Waals surface area contributed by atoms with Gasteiger partial charge in [-0.15, -0.1) is 0 Å². The van der Waals surface area contributed by atoms with E-state index in [9.17, 15) is 0 Å². The minimum Gasteiger partial charge on any atom is -0.354 e. The summed E-state index contributed by atoms with van der Waals surface area (Å²) in [5, 5.41) is 0. The van der Waals surface area contributed by atoms with Gasteiger partial charge in [0.2, 0.25) is 0 Å². The standard InChI is InChI=1S/C14H24N4/c1-3-6-17-7-9-18(10-8-17)14-11-13(12(2)15)4-5-16-14/h4-5,11-12H,3,6-10,15H2,1-2H3/t12-/m0/s1. The Morgan fingerprint density at radius 2 is 2.06 bits per heavy atom. The first-order chi connectivity index (χ1) is 8.70. The van der Waals surface area contributed by atoms with Crippen LogP contribution in [0.25, 0.3) is 0 Å². The van der Waals surface area contributed by atoms with Gasteiger partial charge in [0.1, 0.15) is 5.82 Å².